The van der Waals surface area contributed by atoms with Crippen LogP contribution in [0.25, 0.3) is 0 Å². The smallest absolute Gasteiger partial charge is 0.271 e. The number of nitro groups is 1. The zero-order chi connectivity index (χ0) is 27.8. The van der Waals surface area contributed by atoms with Crippen LogP contribution in [0.15, 0.2) is 97.1 Å². The van der Waals surface area contributed by atoms with Crippen molar-refractivity contribution in [3.8, 4) is 11.5 Å². The van der Waals surface area contributed by atoms with Gasteiger partial charge in [0.25, 0.3) is 17.5 Å². The molecule has 0 fully saturated rings. The second-order valence-electron chi connectivity index (χ2n) is 8.70. The minimum absolute atomic E-state index is 0.132. The van der Waals surface area contributed by atoms with Crippen molar-refractivity contribution >= 4 is 23.2 Å². The SMILES string of the molecule is COc1ccc([N+](=O)[O-])cc1NC(=O)c1ccccc1OCC(=O)N[C@H](c1ccccc1)c1ccc(C)cc1. The molecular weight excluding hydrogens is 498 g/mol. The molecule has 198 valence electrons. The van der Waals surface area contributed by atoms with Crippen LogP contribution in [0, 0.1) is 17.0 Å². The van der Waals surface area contributed by atoms with Gasteiger partial charge in [0.1, 0.15) is 11.5 Å². The van der Waals surface area contributed by atoms with Crippen molar-refractivity contribution in [1.82, 2.24) is 5.32 Å². The van der Waals surface area contributed by atoms with E-state index < -0.39 is 10.8 Å². The molecular formula is C30H27N3O6. The maximum atomic E-state index is 13.1. The highest BCUT2D eigenvalue weighted by atomic mass is 16.6. The number of para-hydroxylation sites is 1. The number of nitrogens with zero attached hydrogens (tertiary/aromatic N) is 1. The van der Waals surface area contributed by atoms with Crippen LogP contribution in [-0.2, 0) is 4.79 Å². The van der Waals surface area contributed by atoms with Crippen LogP contribution in [0.2, 0.25) is 0 Å². The van der Waals surface area contributed by atoms with Gasteiger partial charge in [0.2, 0.25) is 0 Å². The monoisotopic (exact) mass is 525 g/mol. The van der Waals surface area contributed by atoms with E-state index in [4.69, 9.17) is 9.47 Å². The maximum absolute atomic E-state index is 13.1. The third-order valence-corrected chi connectivity index (χ3v) is 5.98. The molecule has 1 atom stereocenters. The summed E-state index contributed by atoms with van der Waals surface area (Å²) in [5, 5.41) is 16.8. The lowest BCUT2D eigenvalue weighted by molar-refractivity contribution is -0.384. The van der Waals surface area contributed by atoms with Crippen LogP contribution in [-0.4, -0.2) is 30.5 Å². The summed E-state index contributed by atoms with van der Waals surface area (Å²) in [7, 11) is 1.39. The van der Waals surface area contributed by atoms with Crippen molar-refractivity contribution in [2.45, 2.75) is 13.0 Å². The molecule has 4 aromatic carbocycles. The van der Waals surface area contributed by atoms with Crippen molar-refractivity contribution in [1.29, 1.82) is 0 Å². The lowest BCUT2D eigenvalue weighted by Crippen LogP contribution is -2.33. The van der Waals surface area contributed by atoms with Crippen LogP contribution >= 0.6 is 0 Å². The molecule has 0 radical (unpaired) electrons. The Morgan fingerprint density at radius 3 is 2.23 bits per heavy atom. The number of non-ortho nitro benzene ring substituents is 1. The molecule has 0 spiro atoms. The Bertz CT molecular complexity index is 1470. The van der Waals surface area contributed by atoms with Gasteiger partial charge in [-0.25, -0.2) is 0 Å². The fourth-order valence-corrected chi connectivity index (χ4v) is 3.99. The zero-order valence-corrected chi connectivity index (χ0v) is 21.4. The van der Waals surface area contributed by atoms with Gasteiger partial charge in [-0.3, -0.25) is 19.7 Å². The number of nitro benzene ring substituents is 1. The molecule has 9 heteroatoms. The van der Waals surface area contributed by atoms with Gasteiger partial charge in [0, 0.05) is 12.1 Å². The largest absolute Gasteiger partial charge is 0.495 e. The first-order chi connectivity index (χ1) is 18.9. The molecule has 0 aliphatic heterocycles. The van der Waals surface area contributed by atoms with E-state index in [0.29, 0.717) is 0 Å². The molecule has 0 aliphatic carbocycles. The number of carbonyl (C=O) groups excluding carboxylic acids is 2. The molecule has 0 saturated heterocycles. The van der Waals surface area contributed by atoms with Gasteiger partial charge in [-0.1, -0.05) is 72.3 Å². The molecule has 9 nitrogen and oxygen atoms in total. The van der Waals surface area contributed by atoms with Gasteiger partial charge in [-0.15, -0.1) is 0 Å². The minimum atomic E-state index is -0.577. The summed E-state index contributed by atoms with van der Waals surface area (Å²) in [5.41, 5.74) is 3.03. The van der Waals surface area contributed by atoms with Crippen molar-refractivity contribution in [3.05, 3.63) is 129 Å². The lowest BCUT2D eigenvalue weighted by atomic mass is 9.98. The van der Waals surface area contributed by atoms with Crippen molar-refractivity contribution in [3.63, 3.8) is 0 Å². The van der Waals surface area contributed by atoms with Crippen LogP contribution < -0.4 is 20.1 Å². The van der Waals surface area contributed by atoms with Crippen LogP contribution in [0.4, 0.5) is 11.4 Å². The summed E-state index contributed by atoms with van der Waals surface area (Å²) in [6, 6.07) is 27.4. The summed E-state index contributed by atoms with van der Waals surface area (Å²) in [6.07, 6.45) is 0. The van der Waals surface area contributed by atoms with E-state index in [-0.39, 0.29) is 47.0 Å². The first kappa shape index (κ1) is 26.9. The van der Waals surface area contributed by atoms with E-state index in [0.717, 1.165) is 16.7 Å². The number of amides is 2. The Hall–Kier alpha value is -5.18. The molecule has 2 N–H and O–H groups in total. The predicted molar refractivity (Wildman–Crippen MR) is 147 cm³/mol. The molecule has 4 rings (SSSR count). The second-order valence-corrected chi connectivity index (χ2v) is 8.70. The van der Waals surface area contributed by atoms with Gasteiger partial charge in [-0.05, 0) is 36.2 Å². The van der Waals surface area contributed by atoms with E-state index in [1.165, 1.54) is 31.4 Å². The normalized spacial score (nSPS) is 11.2. The highest BCUT2D eigenvalue weighted by Crippen LogP contribution is 2.30. The third-order valence-electron chi connectivity index (χ3n) is 5.98. The average Bonchev–Trinajstić information content (AvgIpc) is 2.96. The number of ether oxygens (including phenoxy) is 2. The summed E-state index contributed by atoms with van der Waals surface area (Å²) in [5.74, 6) is -0.512. The Balaban J connectivity index is 1.49. The average molecular weight is 526 g/mol. The van der Waals surface area contributed by atoms with E-state index in [1.807, 2.05) is 61.5 Å². The van der Waals surface area contributed by atoms with Crippen molar-refractivity contribution < 1.29 is 24.0 Å². The number of nitrogens with one attached hydrogen (secondary N) is 2. The lowest BCUT2D eigenvalue weighted by Gasteiger charge is -2.20. The van der Waals surface area contributed by atoms with Crippen LogP contribution in [0.1, 0.15) is 33.1 Å². The first-order valence-electron chi connectivity index (χ1n) is 12.1. The van der Waals surface area contributed by atoms with Crippen LogP contribution in [0.5, 0.6) is 11.5 Å². The molecule has 0 heterocycles. The van der Waals surface area contributed by atoms with E-state index >= 15 is 0 Å². The number of rotatable bonds is 10. The quantitative estimate of drug-likeness (QED) is 0.210. The van der Waals surface area contributed by atoms with E-state index in [9.17, 15) is 19.7 Å². The first-order valence-corrected chi connectivity index (χ1v) is 12.1. The van der Waals surface area contributed by atoms with Gasteiger partial charge < -0.3 is 20.1 Å². The minimum Gasteiger partial charge on any atom is -0.495 e. The Morgan fingerprint density at radius 1 is 0.872 bits per heavy atom. The Labute approximate surface area is 225 Å². The second kappa shape index (κ2) is 12.4. The third kappa shape index (κ3) is 6.78. The van der Waals surface area contributed by atoms with Gasteiger partial charge in [-0.2, -0.15) is 0 Å². The number of benzene rings is 4. The summed E-state index contributed by atoms with van der Waals surface area (Å²) < 4.78 is 11.0. The summed E-state index contributed by atoms with van der Waals surface area (Å²) in [6.45, 7) is 1.66. The molecule has 0 aliphatic rings. The fourth-order valence-electron chi connectivity index (χ4n) is 3.99. The number of methoxy groups -OCH3 is 1. The van der Waals surface area contributed by atoms with Crippen molar-refractivity contribution in [2.24, 2.45) is 0 Å². The summed E-state index contributed by atoms with van der Waals surface area (Å²) >= 11 is 0. The highest BCUT2D eigenvalue weighted by molar-refractivity contribution is 6.07. The van der Waals surface area contributed by atoms with Gasteiger partial charge in [0.15, 0.2) is 6.61 Å². The fraction of sp³-hybridized carbons (Fsp3) is 0.133. The van der Waals surface area contributed by atoms with E-state index in [1.54, 1.807) is 18.2 Å². The molecule has 0 unspecified atom stereocenters. The molecule has 0 saturated carbocycles. The van der Waals surface area contributed by atoms with Gasteiger partial charge >= 0.3 is 0 Å². The topological polar surface area (TPSA) is 120 Å². The predicted octanol–water partition coefficient (Wildman–Crippen LogP) is 5.45. The molecule has 2 amide bonds. The molecule has 0 bridgehead atoms. The zero-order valence-electron chi connectivity index (χ0n) is 21.4. The number of anilines is 1. The summed E-state index contributed by atoms with van der Waals surface area (Å²) in [4.78, 5) is 36.7. The highest BCUT2D eigenvalue weighted by Gasteiger charge is 2.20. The number of hydrogen-bond acceptors (Lipinski definition) is 6. The standard InChI is InChI=1S/C30H27N3O6/c1-20-12-14-22(15-13-20)29(21-8-4-3-5-9-21)32-28(34)19-39-26-11-7-6-10-24(26)30(35)31-25-18-23(33(36)37)16-17-27(25)38-2/h3-18,29H,19H2,1-2H3,(H,31,35)(H,32,34)/t29-/m1/s1. The number of hydrogen-bond donors (Lipinski definition) is 2. The molecule has 4 aromatic rings. The number of carbonyl (C=O) groups is 2. The van der Waals surface area contributed by atoms with Gasteiger partial charge in [0.05, 0.1) is 29.3 Å². The number of aryl methyl sites for hydroxylation is 1. The molecule has 0 aromatic heterocycles. The van der Waals surface area contributed by atoms with Crippen molar-refractivity contribution in [2.75, 3.05) is 19.0 Å². The maximum Gasteiger partial charge on any atom is 0.271 e. The Morgan fingerprint density at radius 2 is 1.54 bits per heavy atom. The van der Waals surface area contributed by atoms with E-state index in [2.05, 4.69) is 10.6 Å². The van der Waals surface area contributed by atoms with Crippen LogP contribution in [0.3, 0.4) is 0 Å². The molecule has 39 heavy (non-hydrogen) atoms. The Kier molecular flexibility index (Phi) is 8.53.